The predicted octanol–water partition coefficient (Wildman–Crippen LogP) is 2.73. The van der Waals surface area contributed by atoms with Crippen LogP contribution < -0.4 is 9.46 Å². The van der Waals surface area contributed by atoms with E-state index >= 15 is 0 Å². The minimum atomic E-state index is -3.77. The average molecular weight is 360 g/mol. The molecule has 1 saturated heterocycles. The molecule has 132 valence electrons. The minimum Gasteiger partial charge on any atom is -0.494 e. The lowest BCUT2D eigenvalue weighted by atomic mass is 10.1. The van der Waals surface area contributed by atoms with Crippen LogP contribution in [0.15, 0.2) is 53.4 Å². The third-order valence-electron chi connectivity index (χ3n) is 3.95. The monoisotopic (exact) mass is 360 g/mol. The fourth-order valence-corrected chi connectivity index (χ4v) is 3.60. The fourth-order valence-electron chi connectivity index (χ4n) is 2.50. The molecule has 0 atom stereocenters. The van der Waals surface area contributed by atoms with E-state index in [9.17, 15) is 13.2 Å². The van der Waals surface area contributed by atoms with E-state index in [1.165, 1.54) is 12.1 Å². The van der Waals surface area contributed by atoms with E-state index in [2.05, 4.69) is 4.72 Å². The summed E-state index contributed by atoms with van der Waals surface area (Å²) in [4.78, 5) is 14.0. The van der Waals surface area contributed by atoms with Gasteiger partial charge in [0.05, 0.1) is 11.5 Å². The zero-order chi connectivity index (χ0) is 17.9. The summed E-state index contributed by atoms with van der Waals surface area (Å²) in [7, 11) is -3.77. The normalized spacial score (nSPS) is 13.9. The molecule has 25 heavy (non-hydrogen) atoms. The van der Waals surface area contributed by atoms with Crippen LogP contribution in [-0.2, 0) is 10.0 Å². The van der Waals surface area contributed by atoms with Crippen molar-refractivity contribution in [3.8, 4) is 5.75 Å². The van der Waals surface area contributed by atoms with Crippen LogP contribution in [0.3, 0.4) is 0 Å². The Morgan fingerprint density at radius 2 is 1.88 bits per heavy atom. The molecule has 2 aromatic carbocycles. The molecule has 7 heteroatoms. The van der Waals surface area contributed by atoms with Crippen LogP contribution in [0.1, 0.15) is 23.7 Å². The first-order valence-electron chi connectivity index (χ1n) is 8.14. The maximum atomic E-state index is 12.6. The molecule has 0 aliphatic carbocycles. The molecule has 1 aliphatic rings. The molecule has 1 fully saturated rings. The number of sulfonamides is 1. The molecule has 2 aromatic rings. The molecule has 0 aromatic heterocycles. The van der Waals surface area contributed by atoms with Crippen molar-refractivity contribution in [3.63, 3.8) is 0 Å². The molecular weight excluding hydrogens is 340 g/mol. The number of nitrogens with zero attached hydrogens (tertiary/aromatic N) is 1. The number of hydrogen-bond donors (Lipinski definition) is 1. The maximum absolute atomic E-state index is 12.6. The highest BCUT2D eigenvalue weighted by Gasteiger charge is 2.23. The Balaban J connectivity index is 1.78. The van der Waals surface area contributed by atoms with Gasteiger partial charge in [-0.3, -0.25) is 9.52 Å². The number of hydrogen-bond acceptors (Lipinski definition) is 4. The van der Waals surface area contributed by atoms with Crippen molar-refractivity contribution >= 4 is 21.6 Å². The summed E-state index contributed by atoms with van der Waals surface area (Å²) in [6, 6.07) is 12.8. The van der Waals surface area contributed by atoms with Gasteiger partial charge in [0.2, 0.25) is 0 Å². The van der Waals surface area contributed by atoms with Gasteiger partial charge in [0.1, 0.15) is 5.75 Å². The van der Waals surface area contributed by atoms with Gasteiger partial charge in [-0.05, 0) is 55.8 Å². The van der Waals surface area contributed by atoms with Crippen molar-refractivity contribution in [2.45, 2.75) is 18.2 Å². The number of rotatable bonds is 6. The molecule has 0 saturated carbocycles. The van der Waals surface area contributed by atoms with Gasteiger partial charge >= 0.3 is 0 Å². The molecule has 3 rings (SSSR count). The second-order valence-corrected chi connectivity index (χ2v) is 7.42. The van der Waals surface area contributed by atoms with Crippen molar-refractivity contribution in [2.24, 2.45) is 0 Å². The molecule has 0 radical (unpaired) electrons. The molecule has 1 amide bonds. The average Bonchev–Trinajstić information content (AvgIpc) is 2.55. The first kappa shape index (κ1) is 17.3. The Morgan fingerprint density at radius 1 is 1.16 bits per heavy atom. The van der Waals surface area contributed by atoms with Gasteiger partial charge in [-0.15, -0.1) is 0 Å². The smallest absolute Gasteiger partial charge is 0.261 e. The summed E-state index contributed by atoms with van der Waals surface area (Å²) in [5.41, 5.74) is 0.817. The Labute approximate surface area is 147 Å². The largest absolute Gasteiger partial charge is 0.494 e. The fraction of sp³-hybridized carbons (Fsp3) is 0.278. The molecule has 0 spiro atoms. The maximum Gasteiger partial charge on any atom is 0.261 e. The zero-order valence-electron chi connectivity index (χ0n) is 13.9. The molecule has 6 nitrogen and oxygen atoms in total. The van der Waals surface area contributed by atoms with Crippen molar-refractivity contribution < 1.29 is 17.9 Å². The summed E-state index contributed by atoms with van der Waals surface area (Å²) < 4.78 is 33.0. The number of carbonyl (C=O) groups is 1. The van der Waals surface area contributed by atoms with E-state index in [1.807, 2.05) is 6.92 Å². The summed E-state index contributed by atoms with van der Waals surface area (Å²) in [6.07, 6.45) is 0.989. The lowest BCUT2D eigenvalue weighted by Gasteiger charge is -2.31. The summed E-state index contributed by atoms with van der Waals surface area (Å²) in [6.45, 7) is 3.87. The molecule has 1 N–H and O–H groups in total. The van der Waals surface area contributed by atoms with Gasteiger partial charge in [0, 0.05) is 24.3 Å². The van der Waals surface area contributed by atoms with Crippen LogP contribution in [0.25, 0.3) is 0 Å². The van der Waals surface area contributed by atoms with E-state index < -0.39 is 10.0 Å². The van der Waals surface area contributed by atoms with Crippen LogP contribution in [-0.4, -0.2) is 38.9 Å². The Morgan fingerprint density at radius 3 is 2.48 bits per heavy atom. The number of amides is 1. The lowest BCUT2D eigenvalue weighted by Crippen LogP contribution is -2.42. The highest BCUT2D eigenvalue weighted by atomic mass is 32.2. The van der Waals surface area contributed by atoms with E-state index in [-0.39, 0.29) is 10.8 Å². The Kier molecular flexibility index (Phi) is 4.94. The highest BCUT2D eigenvalue weighted by Crippen LogP contribution is 2.21. The van der Waals surface area contributed by atoms with Crippen molar-refractivity contribution in [3.05, 3.63) is 54.1 Å². The number of anilines is 1. The predicted molar refractivity (Wildman–Crippen MR) is 95.4 cm³/mol. The van der Waals surface area contributed by atoms with Crippen molar-refractivity contribution in [2.75, 3.05) is 24.4 Å². The highest BCUT2D eigenvalue weighted by molar-refractivity contribution is 7.92. The number of ether oxygens (including phenoxy) is 1. The van der Waals surface area contributed by atoms with Gasteiger partial charge in [-0.2, -0.15) is 0 Å². The molecule has 0 bridgehead atoms. The number of nitrogens with one attached hydrogen (secondary N) is 1. The third-order valence-corrected chi connectivity index (χ3v) is 5.33. The van der Waals surface area contributed by atoms with Gasteiger partial charge < -0.3 is 9.64 Å². The van der Waals surface area contributed by atoms with Crippen LogP contribution in [0.5, 0.6) is 5.75 Å². The lowest BCUT2D eigenvalue weighted by molar-refractivity contribution is 0.0651. The van der Waals surface area contributed by atoms with E-state index in [0.29, 0.717) is 23.6 Å². The quantitative estimate of drug-likeness (QED) is 0.859. The second kappa shape index (κ2) is 7.14. The van der Waals surface area contributed by atoms with E-state index in [0.717, 1.165) is 19.5 Å². The summed E-state index contributed by atoms with van der Waals surface area (Å²) >= 11 is 0. The van der Waals surface area contributed by atoms with Gasteiger partial charge in [0.15, 0.2) is 0 Å². The standard InChI is InChI=1S/C18H20N2O4S/c1-2-24-16-9-7-15(8-10-16)19-25(22,23)17-6-3-5-14(13-17)18(21)20-11-4-12-20/h3,5-10,13,19H,2,4,11-12H2,1H3. The van der Waals surface area contributed by atoms with Crippen LogP contribution >= 0.6 is 0 Å². The van der Waals surface area contributed by atoms with Gasteiger partial charge in [-0.25, -0.2) is 8.42 Å². The first-order valence-corrected chi connectivity index (χ1v) is 9.63. The van der Waals surface area contributed by atoms with E-state index in [1.54, 1.807) is 41.3 Å². The molecule has 1 heterocycles. The zero-order valence-corrected chi connectivity index (χ0v) is 14.8. The summed E-state index contributed by atoms with van der Waals surface area (Å²) in [5.74, 6) is 0.539. The van der Waals surface area contributed by atoms with Crippen LogP contribution in [0.2, 0.25) is 0 Å². The molecule has 1 aliphatic heterocycles. The molecular formula is C18H20N2O4S. The molecule has 0 unspecified atom stereocenters. The minimum absolute atomic E-state index is 0.0627. The van der Waals surface area contributed by atoms with Gasteiger partial charge in [0.25, 0.3) is 15.9 Å². The third kappa shape index (κ3) is 3.93. The van der Waals surface area contributed by atoms with Gasteiger partial charge in [-0.1, -0.05) is 6.07 Å². The second-order valence-electron chi connectivity index (χ2n) is 5.74. The van der Waals surface area contributed by atoms with Crippen LogP contribution in [0.4, 0.5) is 5.69 Å². The topological polar surface area (TPSA) is 75.7 Å². The SMILES string of the molecule is CCOc1ccc(NS(=O)(=O)c2cccc(C(=O)N3CCC3)c2)cc1. The van der Waals surface area contributed by atoms with Crippen LogP contribution in [0, 0.1) is 0 Å². The summed E-state index contributed by atoms with van der Waals surface area (Å²) in [5, 5.41) is 0. The van der Waals surface area contributed by atoms with Crippen molar-refractivity contribution in [1.29, 1.82) is 0 Å². The Bertz CT molecular complexity index is 859. The van der Waals surface area contributed by atoms with E-state index in [4.69, 9.17) is 4.74 Å². The number of carbonyl (C=O) groups excluding carboxylic acids is 1. The van der Waals surface area contributed by atoms with Crippen molar-refractivity contribution in [1.82, 2.24) is 4.90 Å². The number of likely N-dealkylation sites (tertiary alicyclic amines) is 1. The first-order chi connectivity index (χ1) is 12.0. The number of benzene rings is 2. The Hall–Kier alpha value is -2.54.